The number of aromatic nitrogens is 1. The lowest BCUT2D eigenvalue weighted by molar-refractivity contribution is 0.102. The Morgan fingerprint density at radius 3 is 2.21 bits per heavy atom. The summed E-state index contributed by atoms with van der Waals surface area (Å²) in [6, 6.07) is 15.0. The van der Waals surface area contributed by atoms with E-state index in [4.69, 9.17) is 0 Å². The van der Waals surface area contributed by atoms with Crippen molar-refractivity contribution in [2.45, 2.75) is 9.10 Å². The number of amides is 1. The molecule has 0 atom stereocenters. The van der Waals surface area contributed by atoms with Crippen LogP contribution in [0.1, 0.15) is 10.4 Å². The molecule has 9 nitrogen and oxygen atoms in total. The van der Waals surface area contributed by atoms with Crippen molar-refractivity contribution in [3.05, 3.63) is 83.2 Å². The summed E-state index contributed by atoms with van der Waals surface area (Å²) in [5.41, 5.74) is 1.12. The molecule has 34 heavy (non-hydrogen) atoms. The molecule has 0 bridgehead atoms. The molecular weight excluding hydrogens is 517 g/mol. The van der Waals surface area contributed by atoms with Crippen LogP contribution in [0.5, 0.6) is 0 Å². The number of anilines is 3. The Bertz CT molecular complexity index is 1480. The third-order valence-corrected chi connectivity index (χ3v) is 10.0. The van der Waals surface area contributed by atoms with Gasteiger partial charge in [-0.2, -0.15) is 0 Å². The van der Waals surface area contributed by atoms with Gasteiger partial charge >= 0.3 is 0 Å². The summed E-state index contributed by atoms with van der Waals surface area (Å²) in [6.07, 6.45) is 1.49. The Hall–Kier alpha value is -3.26. The maximum absolute atomic E-state index is 12.6. The van der Waals surface area contributed by atoms with Crippen molar-refractivity contribution in [3.8, 4) is 0 Å². The van der Waals surface area contributed by atoms with Crippen molar-refractivity contribution >= 4 is 65.1 Å². The monoisotopic (exact) mass is 534 g/mol. The highest BCUT2D eigenvalue weighted by Gasteiger charge is 2.22. The van der Waals surface area contributed by atoms with Crippen LogP contribution in [-0.2, 0) is 20.0 Å². The standard InChI is InChI=1S/C21H18N4O5S4/c1-25(34(29,30)19-3-2-13-31-19)17-8-4-15(5-9-17)20(26)23-16-6-10-18(11-7-16)33(27,28)24-21-22-12-14-32-21/h2-14H,1H3,(H,22,24)(H,23,26). The first-order valence-electron chi connectivity index (χ1n) is 9.63. The molecule has 1 amide bonds. The molecule has 0 aliphatic rings. The number of thiophene rings is 1. The maximum Gasteiger partial charge on any atom is 0.273 e. The number of nitrogens with one attached hydrogen (secondary N) is 2. The van der Waals surface area contributed by atoms with Gasteiger partial charge in [-0.15, -0.1) is 22.7 Å². The van der Waals surface area contributed by atoms with Gasteiger partial charge in [-0.05, 0) is 60.0 Å². The number of sulfonamides is 2. The molecule has 0 radical (unpaired) electrons. The van der Waals surface area contributed by atoms with Gasteiger partial charge in [0.1, 0.15) is 4.21 Å². The van der Waals surface area contributed by atoms with Crippen LogP contribution in [0.4, 0.5) is 16.5 Å². The van der Waals surface area contributed by atoms with Gasteiger partial charge in [-0.25, -0.2) is 21.8 Å². The summed E-state index contributed by atoms with van der Waals surface area (Å²) in [4.78, 5) is 16.5. The predicted molar refractivity (Wildman–Crippen MR) is 134 cm³/mol. The Labute approximate surface area is 204 Å². The van der Waals surface area contributed by atoms with Crippen LogP contribution in [0.15, 0.2) is 86.7 Å². The molecule has 0 saturated heterocycles. The van der Waals surface area contributed by atoms with E-state index >= 15 is 0 Å². The van der Waals surface area contributed by atoms with E-state index in [0.717, 1.165) is 27.0 Å². The zero-order valence-corrected chi connectivity index (χ0v) is 20.8. The molecule has 4 rings (SSSR count). The molecule has 4 aromatic rings. The number of nitrogens with zero attached hydrogens (tertiary/aromatic N) is 2. The highest BCUT2D eigenvalue weighted by Crippen LogP contribution is 2.26. The van der Waals surface area contributed by atoms with Gasteiger partial charge in [0.2, 0.25) is 0 Å². The minimum atomic E-state index is -3.79. The quantitative estimate of drug-likeness (QED) is 0.351. The number of hydrogen-bond acceptors (Lipinski definition) is 8. The molecule has 0 spiro atoms. The van der Waals surface area contributed by atoms with Crippen molar-refractivity contribution < 1.29 is 21.6 Å². The first kappa shape index (κ1) is 23.9. The van der Waals surface area contributed by atoms with E-state index in [1.54, 1.807) is 29.0 Å². The highest BCUT2D eigenvalue weighted by molar-refractivity contribution is 7.94. The summed E-state index contributed by atoms with van der Waals surface area (Å²) in [7, 11) is -6.01. The third kappa shape index (κ3) is 5.12. The summed E-state index contributed by atoms with van der Waals surface area (Å²) >= 11 is 2.29. The van der Waals surface area contributed by atoms with E-state index in [0.29, 0.717) is 16.9 Å². The van der Waals surface area contributed by atoms with Gasteiger partial charge in [-0.3, -0.25) is 13.8 Å². The van der Waals surface area contributed by atoms with Crippen LogP contribution < -0.4 is 14.3 Å². The molecule has 2 heterocycles. The third-order valence-electron chi connectivity index (χ3n) is 4.68. The van der Waals surface area contributed by atoms with Crippen LogP contribution in [0.25, 0.3) is 0 Å². The number of hydrogen-bond donors (Lipinski definition) is 2. The molecule has 2 N–H and O–H groups in total. The van der Waals surface area contributed by atoms with Gasteiger partial charge in [0.15, 0.2) is 5.13 Å². The normalized spacial score (nSPS) is 11.7. The molecule has 0 fully saturated rings. The lowest BCUT2D eigenvalue weighted by Crippen LogP contribution is -2.25. The molecule has 0 saturated carbocycles. The molecule has 176 valence electrons. The second-order valence-corrected chi connectivity index (χ2v) is 12.6. The SMILES string of the molecule is CN(c1ccc(C(=O)Nc2ccc(S(=O)(=O)Nc3nccs3)cc2)cc1)S(=O)(=O)c1cccs1. The summed E-state index contributed by atoms with van der Waals surface area (Å²) < 4.78 is 53.9. The van der Waals surface area contributed by atoms with E-state index in [9.17, 15) is 21.6 Å². The minimum absolute atomic E-state index is 0.0278. The average molecular weight is 535 g/mol. The van der Waals surface area contributed by atoms with E-state index < -0.39 is 26.0 Å². The topological polar surface area (TPSA) is 126 Å². The maximum atomic E-state index is 12.6. The number of thiazole rings is 1. The smallest absolute Gasteiger partial charge is 0.273 e. The van der Waals surface area contributed by atoms with Crippen molar-refractivity contribution in [1.29, 1.82) is 0 Å². The van der Waals surface area contributed by atoms with Crippen LogP contribution in [0.3, 0.4) is 0 Å². The molecule has 2 aromatic heterocycles. The minimum Gasteiger partial charge on any atom is -0.322 e. The zero-order chi connectivity index (χ0) is 24.3. The van der Waals surface area contributed by atoms with Crippen LogP contribution >= 0.6 is 22.7 Å². The van der Waals surface area contributed by atoms with Crippen LogP contribution in [0, 0.1) is 0 Å². The molecule has 13 heteroatoms. The predicted octanol–water partition coefficient (Wildman–Crippen LogP) is 4.08. The summed E-state index contributed by atoms with van der Waals surface area (Å²) in [5, 5.41) is 6.29. The van der Waals surface area contributed by atoms with Gasteiger partial charge in [-0.1, -0.05) is 6.07 Å². The summed E-state index contributed by atoms with van der Waals surface area (Å²) in [5.74, 6) is -0.424. The number of carbonyl (C=O) groups excluding carboxylic acids is 1. The second-order valence-electron chi connectivity index (χ2n) is 6.87. The largest absolute Gasteiger partial charge is 0.322 e. The van der Waals surface area contributed by atoms with Gasteiger partial charge < -0.3 is 5.32 Å². The summed E-state index contributed by atoms with van der Waals surface area (Å²) in [6.45, 7) is 0. The lowest BCUT2D eigenvalue weighted by Gasteiger charge is -2.18. The van der Waals surface area contributed by atoms with Crippen molar-refractivity contribution in [3.63, 3.8) is 0 Å². The number of benzene rings is 2. The van der Waals surface area contributed by atoms with Gasteiger partial charge in [0, 0.05) is 29.9 Å². The average Bonchev–Trinajstić information content (AvgIpc) is 3.53. The van der Waals surface area contributed by atoms with E-state index in [2.05, 4.69) is 15.0 Å². The van der Waals surface area contributed by atoms with Gasteiger partial charge in [0.05, 0.1) is 10.6 Å². The Balaban J connectivity index is 1.43. The van der Waals surface area contributed by atoms with E-state index in [1.807, 2.05) is 0 Å². The molecule has 0 aliphatic heterocycles. The first-order chi connectivity index (χ1) is 16.2. The fraction of sp³-hybridized carbons (Fsp3) is 0.0476. The fourth-order valence-corrected chi connectivity index (χ4v) is 7.02. The first-order valence-corrected chi connectivity index (χ1v) is 14.3. The Morgan fingerprint density at radius 1 is 0.912 bits per heavy atom. The van der Waals surface area contributed by atoms with Crippen LogP contribution in [-0.4, -0.2) is 34.8 Å². The van der Waals surface area contributed by atoms with Crippen molar-refractivity contribution in [1.82, 2.24) is 4.98 Å². The van der Waals surface area contributed by atoms with E-state index in [-0.39, 0.29) is 14.2 Å². The van der Waals surface area contributed by atoms with Crippen LogP contribution in [0.2, 0.25) is 0 Å². The van der Waals surface area contributed by atoms with E-state index in [1.165, 1.54) is 55.7 Å². The zero-order valence-electron chi connectivity index (χ0n) is 17.6. The Kier molecular flexibility index (Phi) is 6.70. The van der Waals surface area contributed by atoms with Crippen molar-refractivity contribution in [2.75, 3.05) is 21.4 Å². The number of carbonyl (C=O) groups is 1. The molecule has 2 aromatic carbocycles. The Morgan fingerprint density at radius 2 is 1.62 bits per heavy atom. The fourth-order valence-electron chi connectivity index (χ4n) is 2.88. The molecule has 0 unspecified atom stereocenters. The van der Waals surface area contributed by atoms with Gasteiger partial charge in [0.25, 0.3) is 26.0 Å². The lowest BCUT2D eigenvalue weighted by atomic mass is 10.2. The second kappa shape index (κ2) is 9.54. The number of rotatable bonds is 8. The molecule has 0 aliphatic carbocycles. The van der Waals surface area contributed by atoms with Crippen molar-refractivity contribution in [2.24, 2.45) is 0 Å². The highest BCUT2D eigenvalue weighted by atomic mass is 32.2. The molecular formula is C21H18N4O5S4.